The van der Waals surface area contributed by atoms with Crippen LogP contribution in [0.25, 0.3) is 33.2 Å². The van der Waals surface area contributed by atoms with Crippen molar-refractivity contribution in [1.29, 1.82) is 0 Å². The lowest BCUT2D eigenvalue weighted by Crippen LogP contribution is -1.90. The molecule has 4 rings (SSSR count). The predicted octanol–water partition coefficient (Wildman–Crippen LogP) is 7.25. The van der Waals surface area contributed by atoms with E-state index in [0.29, 0.717) is 28.7 Å². The third-order valence-electron chi connectivity index (χ3n) is 4.33. The molecular formula is C21H11Cl3O3. The fourth-order valence-electron chi connectivity index (χ4n) is 3.13. The van der Waals surface area contributed by atoms with Gasteiger partial charge in [0.05, 0.1) is 15.1 Å². The smallest absolute Gasteiger partial charge is 0.185 e. The van der Waals surface area contributed by atoms with E-state index in [4.69, 9.17) is 39.2 Å². The summed E-state index contributed by atoms with van der Waals surface area (Å²) in [6.07, 6.45) is 0.601. The molecule has 1 N–H and O–H groups in total. The summed E-state index contributed by atoms with van der Waals surface area (Å²) in [4.78, 5) is 11.0. The standard InChI is InChI=1S/C21H11Cl3O3/c22-15-9-14(18-13-4-2-1-3-11(13)5-7-16(18)26)19(21(24)20(15)23)17-8-6-12(10-25)27-17/h1-10,26H. The Bertz CT molecular complexity index is 1190. The third-order valence-corrected chi connectivity index (χ3v) is 5.59. The van der Waals surface area contributed by atoms with Crippen LogP contribution in [0.1, 0.15) is 10.6 Å². The first-order valence-corrected chi connectivity index (χ1v) is 9.08. The molecule has 0 fully saturated rings. The summed E-state index contributed by atoms with van der Waals surface area (Å²) < 4.78 is 5.57. The van der Waals surface area contributed by atoms with Gasteiger partial charge in [-0.1, -0.05) is 65.1 Å². The number of phenols is 1. The van der Waals surface area contributed by atoms with Crippen molar-refractivity contribution < 1.29 is 14.3 Å². The molecule has 0 radical (unpaired) electrons. The zero-order chi connectivity index (χ0) is 19.1. The first kappa shape index (κ1) is 17.9. The van der Waals surface area contributed by atoms with E-state index < -0.39 is 0 Å². The average molecular weight is 418 g/mol. The van der Waals surface area contributed by atoms with E-state index in [0.717, 1.165) is 10.8 Å². The van der Waals surface area contributed by atoms with Gasteiger partial charge in [-0.3, -0.25) is 4.79 Å². The second-order valence-corrected chi connectivity index (χ2v) is 7.07. The quantitative estimate of drug-likeness (QED) is 0.282. The van der Waals surface area contributed by atoms with Gasteiger partial charge in [0.1, 0.15) is 11.5 Å². The zero-order valence-corrected chi connectivity index (χ0v) is 15.9. The molecule has 3 aromatic carbocycles. The number of phenolic OH excluding ortho intramolecular Hbond substituents is 1. The summed E-state index contributed by atoms with van der Waals surface area (Å²) in [7, 11) is 0. The third kappa shape index (κ3) is 2.98. The molecule has 0 aliphatic heterocycles. The van der Waals surface area contributed by atoms with Gasteiger partial charge in [-0.2, -0.15) is 0 Å². The number of aromatic hydroxyl groups is 1. The van der Waals surface area contributed by atoms with Crippen molar-refractivity contribution >= 4 is 51.9 Å². The molecule has 0 aliphatic rings. The molecule has 6 heteroatoms. The van der Waals surface area contributed by atoms with Crippen LogP contribution in [0.3, 0.4) is 0 Å². The van der Waals surface area contributed by atoms with E-state index in [-0.39, 0.29) is 26.6 Å². The highest BCUT2D eigenvalue weighted by atomic mass is 35.5. The fraction of sp³-hybridized carbons (Fsp3) is 0. The van der Waals surface area contributed by atoms with Crippen molar-refractivity contribution in [3.05, 3.63) is 75.4 Å². The molecule has 0 bridgehead atoms. The first-order valence-electron chi connectivity index (χ1n) is 7.95. The van der Waals surface area contributed by atoms with Gasteiger partial charge in [-0.05, 0) is 35.0 Å². The Morgan fingerprint density at radius 3 is 2.41 bits per heavy atom. The van der Waals surface area contributed by atoms with Gasteiger partial charge < -0.3 is 9.52 Å². The zero-order valence-electron chi connectivity index (χ0n) is 13.7. The summed E-state index contributed by atoms with van der Waals surface area (Å²) in [6.45, 7) is 0. The average Bonchev–Trinajstić information content (AvgIpc) is 3.14. The number of benzene rings is 3. The first-order chi connectivity index (χ1) is 13.0. The van der Waals surface area contributed by atoms with Gasteiger partial charge in [-0.15, -0.1) is 0 Å². The number of hydrogen-bond donors (Lipinski definition) is 1. The molecule has 1 heterocycles. The van der Waals surface area contributed by atoms with Crippen molar-refractivity contribution in [3.63, 3.8) is 0 Å². The van der Waals surface area contributed by atoms with Crippen LogP contribution in [-0.4, -0.2) is 11.4 Å². The lowest BCUT2D eigenvalue weighted by atomic mass is 9.92. The summed E-state index contributed by atoms with van der Waals surface area (Å²) in [5, 5.41) is 13.0. The monoisotopic (exact) mass is 416 g/mol. The highest BCUT2D eigenvalue weighted by Gasteiger charge is 2.23. The number of carbonyl (C=O) groups excluding carboxylic acids is 1. The second kappa shape index (κ2) is 6.93. The summed E-state index contributed by atoms with van der Waals surface area (Å²) in [6, 6.07) is 15.8. The normalized spacial score (nSPS) is 11.1. The molecular weight excluding hydrogens is 407 g/mol. The molecule has 0 saturated carbocycles. The van der Waals surface area contributed by atoms with Gasteiger partial charge in [-0.25, -0.2) is 0 Å². The number of rotatable bonds is 3. The van der Waals surface area contributed by atoms with Gasteiger partial charge in [0.2, 0.25) is 0 Å². The Morgan fingerprint density at radius 1 is 0.889 bits per heavy atom. The predicted molar refractivity (Wildman–Crippen MR) is 109 cm³/mol. The van der Waals surface area contributed by atoms with E-state index in [1.54, 1.807) is 18.2 Å². The minimum absolute atomic E-state index is 0.0616. The van der Waals surface area contributed by atoms with Gasteiger partial charge in [0.25, 0.3) is 0 Å². The van der Waals surface area contributed by atoms with E-state index >= 15 is 0 Å². The SMILES string of the molecule is O=Cc1ccc(-c2c(-c3c(O)ccc4ccccc34)cc(Cl)c(Cl)c2Cl)o1. The van der Waals surface area contributed by atoms with Crippen molar-refractivity contribution in [2.45, 2.75) is 0 Å². The van der Waals surface area contributed by atoms with Gasteiger partial charge in [0, 0.05) is 16.7 Å². The molecule has 3 nitrogen and oxygen atoms in total. The lowest BCUT2D eigenvalue weighted by molar-refractivity contribution is 0.110. The Morgan fingerprint density at radius 2 is 1.67 bits per heavy atom. The van der Waals surface area contributed by atoms with E-state index in [1.807, 2.05) is 30.3 Å². The van der Waals surface area contributed by atoms with Crippen LogP contribution in [0.2, 0.25) is 15.1 Å². The molecule has 134 valence electrons. The Labute approximate surface area is 169 Å². The van der Waals surface area contributed by atoms with Crippen LogP contribution >= 0.6 is 34.8 Å². The maximum absolute atomic E-state index is 11.0. The lowest BCUT2D eigenvalue weighted by Gasteiger charge is -2.16. The molecule has 27 heavy (non-hydrogen) atoms. The molecule has 4 aromatic rings. The summed E-state index contributed by atoms with van der Waals surface area (Å²) in [5.41, 5.74) is 1.55. The van der Waals surface area contributed by atoms with Crippen LogP contribution in [0.15, 0.2) is 59.0 Å². The summed E-state index contributed by atoms with van der Waals surface area (Å²) >= 11 is 19.0. The molecule has 0 amide bonds. The minimum Gasteiger partial charge on any atom is -0.507 e. The van der Waals surface area contributed by atoms with E-state index in [1.165, 1.54) is 6.07 Å². The van der Waals surface area contributed by atoms with E-state index in [2.05, 4.69) is 0 Å². The number of hydrogen-bond acceptors (Lipinski definition) is 3. The highest BCUT2D eigenvalue weighted by Crippen LogP contribution is 2.48. The van der Waals surface area contributed by atoms with Crippen molar-refractivity contribution in [2.24, 2.45) is 0 Å². The highest BCUT2D eigenvalue weighted by molar-refractivity contribution is 6.49. The summed E-state index contributed by atoms with van der Waals surface area (Å²) in [5.74, 6) is 0.565. The second-order valence-electron chi connectivity index (χ2n) is 5.91. The molecule has 0 unspecified atom stereocenters. The molecule has 1 aromatic heterocycles. The van der Waals surface area contributed by atoms with Gasteiger partial charge in [0.15, 0.2) is 12.0 Å². The maximum Gasteiger partial charge on any atom is 0.185 e. The van der Waals surface area contributed by atoms with Crippen molar-refractivity contribution in [1.82, 2.24) is 0 Å². The molecule has 0 spiro atoms. The van der Waals surface area contributed by atoms with Crippen molar-refractivity contribution in [2.75, 3.05) is 0 Å². The van der Waals surface area contributed by atoms with Crippen molar-refractivity contribution in [3.8, 4) is 28.2 Å². The number of furan rings is 1. The molecule has 0 atom stereocenters. The number of fused-ring (bicyclic) bond motifs is 1. The topological polar surface area (TPSA) is 50.4 Å². The van der Waals surface area contributed by atoms with Crippen LogP contribution < -0.4 is 0 Å². The Hall–Kier alpha value is -2.46. The Balaban J connectivity index is 2.13. The number of carbonyl (C=O) groups is 1. The minimum atomic E-state index is 0.0616. The Kier molecular flexibility index (Phi) is 4.60. The van der Waals surface area contributed by atoms with Crippen LogP contribution in [-0.2, 0) is 0 Å². The number of aldehydes is 1. The van der Waals surface area contributed by atoms with Gasteiger partial charge >= 0.3 is 0 Å². The molecule has 0 aliphatic carbocycles. The fourth-order valence-corrected chi connectivity index (χ4v) is 3.82. The van der Waals surface area contributed by atoms with Crippen LogP contribution in [0.4, 0.5) is 0 Å². The van der Waals surface area contributed by atoms with Crippen LogP contribution in [0.5, 0.6) is 5.75 Å². The maximum atomic E-state index is 11.0. The number of halogens is 3. The largest absolute Gasteiger partial charge is 0.507 e. The van der Waals surface area contributed by atoms with Crippen LogP contribution in [0, 0.1) is 0 Å². The van der Waals surface area contributed by atoms with E-state index in [9.17, 15) is 9.90 Å². The molecule has 0 saturated heterocycles.